The summed E-state index contributed by atoms with van der Waals surface area (Å²) in [7, 11) is 3.46. The first-order valence-corrected chi connectivity index (χ1v) is 8.96. The van der Waals surface area contributed by atoms with Gasteiger partial charge in [0.05, 0.1) is 7.11 Å². The molecular weight excluding hydrogens is 356 g/mol. The molecule has 7 nitrogen and oxygen atoms in total. The fourth-order valence-electron chi connectivity index (χ4n) is 3.55. The van der Waals surface area contributed by atoms with Gasteiger partial charge in [0.2, 0.25) is 0 Å². The van der Waals surface area contributed by atoms with E-state index in [9.17, 15) is 9.59 Å². The Balaban J connectivity index is 2.04. The number of H-pyrrole nitrogens is 1. The Kier molecular flexibility index (Phi) is 5.35. The molecule has 0 bridgehead atoms. The van der Waals surface area contributed by atoms with Crippen LogP contribution in [0.5, 0.6) is 5.75 Å². The van der Waals surface area contributed by atoms with E-state index in [1.807, 2.05) is 42.1 Å². The molecule has 0 radical (unpaired) electrons. The summed E-state index contributed by atoms with van der Waals surface area (Å²) < 4.78 is 7.34. The molecule has 0 aliphatic carbocycles. The number of nitrogens with one attached hydrogen (secondary N) is 2. The zero-order valence-corrected chi connectivity index (χ0v) is 16.7. The molecular formula is C21H24N4O3. The van der Waals surface area contributed by atoms with E-state index in [4.69, 9.17) is 4.74 Å². The number of aromatic nitrogens is 3. The molecule has 1 atom stereocenters. The number of methoxy groups -OCH3 is 1. The molecule has 1 aromatic carbocycles. The summed E-state index contributed by atoms with van der Waals surface area (Å²) in [5.41, 5.74) is 3.04. The van der Waals surface area contributed by atoms with E-state index in [0.29, 0.717) is 34.1 Å². The van der Waals surface area contributed by atoms with Crippen LogP contribution < -0.4 is 10.1 Å². The fraction of sp³-hybridized carbons (Fsp3) is 0.286. The summed E-state index contributed by atoms with van der Waals surface area (Å²) in [6.45, 7) is 5.06. The molecule has 0 aliphatic rings. The summed E-state index contributed by atoms with van der Waals surface area (Å²) in [4.78, 5) is 32.5. The Bertz CT molecular complexity index is 1030. The maximum atomic E-state index is 13.1. The molecule has 0 spiro atoms. The predicted octanol–water partition coefficient (Wildman–Crippen LogP) is 3.10. The number of rotatable bonds is 6. The monoisotopic (exact) mass is 380 g/mol. The Morgan fingerprint density at radius 2 is 1.96 bits per heavy atom. The molecule has 0 saturated heterocycles. The first kappa shape index (κ1) is 19.4. The van der Waals surface area contributed by atoms with E-state index in [-0.39, 0.29) is 11.7 Å². The van der Waals surface area contributed by atoms with Crippen molar-refractivity contribution in [1.29, 1.82) is 0 Å². The van der Waals surface area contributed by atoms with E-state index in [1.54, 1.807) is 27.2 Å². The van der Waals surface area contributed by atoms with Crippen LogP contribution in [0.2, 0.25) is 0 Å². The van der Waals surface area contributed by atoms with Gasteiger partial charge in [-0.05, 0) is 32.4 Å². The molecule has 3 rings (SSSR count). The van der Waals surface area contributed by atoms with Crippen LogP contribution in [-0.2, 0) is 7.05 Å². The standard InChI is InChI=1S/C21H24N4O3/c1-12-17(14(3)26)13(2)23-18(12)21(27)24-19(20-22-10-11-25(20)4)15-8-6-7-9-16(15)28-5/h6-11,19,23H,1-5H3,(H,24,27). The maximum absolute atomic E-state index is 13.1. The van der Waals surface area contributed by atoms with Crippen molar-refractivity contribution in [2.75, 3.05) is 7.11 Å². The summed E-state index contributed by atoms with van der Waals surface area (Å²) >= 11 is 0. The number of para-hydroxylation sites is 1. The van der Waals surface area contributed by atoms with Crippen LogP contribution in [0.25, 0.3) is 0 Å². The lowest BCUT2D eigenvalue weighted by Crippen LogP contribution is -2.32. The summed E-state index contributed by atoms with van der Waals surface area (Å²) in [5, 5.41) is 3.04. The number of Topliss-reactive ketones (excluding diaryl/α,β-unsaturated/α-hetero) is 1. The number of aryl methyl sites for hydroxylation is 2. The van der Waals surface area contributed by atoms with Gasteiger partial charge in [0.15, 0.2) is 5.78 Å². The van der Waals surface area contributed by atoms with Crippen LogP contribution >= 0.6 is 0 Å². The number of amides is 1. The molecule has 0 fully saturated rings. The second-order valence-electron chi connectivity index (χ2n) is 6.73. The van der Waals surface area contributed by atoms with Crippen molar-refractivity contribution in [2.45, 2.75) is 26.8 Å². The molecule has 0 saturated carbocycles. The number of ketones is 1. The number of hydrogen-bond donors (Lipinski definition) is 2. The van der Waals surface area contributed by atoms with Gasteiger partial charge in [-0.3, -0.25) is 9.59 Å². The smallest absolute Gasteiger partial charge is 0.268 e. The Labute approximate surface area is 163 Å². The second kappa shape index (κ2) is 7.72. The van der Waals surface area contributed by atoms with Gasteiger partial charge in [-0.15, -0.1) is 0 Å². The van der Waals surface area contributed by atoms with Gasteiger partial charge < -0.3 is 19.6 Å². The third kappa shape index (κ3) is 3.43. The summed E-state index contributed by atoms with van der Waals surface area (Å²) in [5.74, 6) is 0.938. The van der Waals surface area contributed by atoms with E-state index in [1.165, 1.54) is 6.92 Å². The highest BCUT2D eigenvalue weighted by Gasteiger charge is 2.27. The molecule has 1 amide bonds. The van der Waals surface area contributed by atoms with Crippen molar-refractivity contribution in [3.63, 3.8) is 0 Å². The lowest BCUT2D eigenvalue weighted by molar-refractivity contribution is 0.0935. The van der Waals surface area contributed by atoms with E-state index in [0.717, 1.165) is 5.56 Å². The summed E-state index contributed by atoms with van der Waals surface area (Å²) in [6, 6.07) is 6.98. The largest absolute Gasteiger partial charge is 0.496 e. The van der Waals surface area contributed by atoms with Crippen molar-refractivity contribution in [1.82, 2.24) is 19.9 Å². The number of nitrogens with zero attached hydrogens (tertiary/aromatic N) is 2. The first-order valence-electron chi connectivity index (χ1n) is 8.96. The highest BCUT2D eigenvalue weighted by molar-refractivity contribution is 6.02. The van der Waals surface area contributed by atoms with Gasteiger partial charge >= 0.3 is 0 Å². The zero-order valence-electron chi connectivity index (χ0n) is 16.7. The number of imidazole rings is 1. The van der Waals surface area contributed by atoms with Crippen LogP contribution in [0, 0.1) is 13.8 Å². The fourth-order valence-corrected chi connectivity index (χ4v) is 3.55. The molecule has 2 heterocycles. The van der Waals surface area contributed by atoms with Gasteiger partial charge in [0, 0.05) is 36.3 Å². The predicted molar refractivity (Wildman–Crippen MR) is 106 cm³/mol. The average Bonchev–Trinajstić information content (AvgIpc) is 3.22. The minimum absolute atomic E-state index is 0.0734. The van der Waals surface area contributed by atoms with E-state index in [2.05, 4.69) is 15.3 Å². The number of ether oxygens (including phenoxy) is 1. The van der Waals surface area contributed by atoms with Crippen molar-refractivity contribution < 1.29 is 14.3 Å². The molecule has 2 aromatic heterocycles. The van der Waals surface area contributed by atoms with Crippen LogP contribution in [0.3, 0.4) is 0 Å². The Hall–Kier alpha value is -3.35. The molecule has 28 heavy (non-hydrogen) atoms. The topological polar surface area (TPSA) is 89.0 Å². The highest BCUT2D eigenvalue weighted by Crippen LogP contribution is 2.29. The Morgan fingerprint density at radius 3 is 2.54 bits per heavy atom. The number of hydrogen-bond acceptors (Lipinski definition) is 4. The third-order valence-electron chi connectivity index (χ3n) is 4.86. The van der Waals surface area contributed by atoms with Crippen molar-refractivity contribution in [3.8, 4) is 5.75 Å². The van der Waals surface area contributed by atoms with Crippen LogP contribution in [0.15, 0.2) is 36.7 Å². The van der Waals surface area contributed by atoms with Gasteiger partial charge in [-0.2, -0.15) is 0 Å². The van der Waals surface area contributed by atoms with Crippen LogP contribution in [0.1, 0.15) is 56.5 Å². The average molecular weight is 380 g/mol. The normalized spacial score (nSPS) is 11.9. The number of benzene rings is 1. The number of carbonyl (C=O) groups is 2. The molecule has 2 N–H and O–H groups in total. The second-order valence-corrected chi connectivity index (χ2v) is 6.73. The molecule has 146 valence electrons. The zero-order chi connectivity index (χ0) is 20.4. The molecule has 1 unspecified atom stereocenters. The SMILES string of the molecule is COc1ccccc1C(NC(=O)c1[nH]c(C)c(C(C)=O)c1C)c1nccn1C. The van der Waals surface area contributed by atoms with Gasteiger partial charge in [-0.1, -0.05) is 18.2 Å². The van der Waals surface area contributed by atoms with Crippen LogP contribution in [0.4, 0.5) is 0 Å². The lowest BCUT2D eigenvalue weighted by Gasteiger charge is -2.21. The third-order valence-corrected chi connectivity index (χ3v) is 4.86. The number of carbonyl (C=O) groups excluding carboxylic acids is 2. The molecule has 0 aliphatic heterocycles. The summed E-state index contributed by atoms with van der Waals surface area (Å²) in [6.07, 6.45) is 3.50. The van der Waals surface area contributed by atoms with Crippen molar-refractivity contribution in [3.05, 3.63) is 70.6 Å². The van der Waals surface area contributed by atoms with Crippen LogP contribution in [-0.4, -0.2) is 33.3 Å². The number of aromatic amines is 1. The minimum atomic E-state index is -0.521. The minimum Gasteiger partial charge on any atom is -0.496 e. The van der Waals surface area contributed by atoms with Crippen molar-refractivity contribution in [2.24, 2.45) is 7.05 Å². The Morgan fingerprint density at radius 1 is 1.25 bits per heavy atom. The first-order chi connectivity index (χ1) is 13.3. The maximum Gasteiger partial charge on any atom is 0.268 e. The van der Waals surface area contributed by atoms with Gasteiger partial charge in [0.25, 0.3) is 5.91 Å². The highest BCUT2D eigenvalue weighted by atomic mass is 16.5. The molecule has 7 heteroatoms. The molecule has 3 aromatic rings. The van der Waals surface area contributed by atoms with E-state index >= 15 is 0 Å². The van der Waals surface area contributed by atoms with Gasteiger partial charge in [-0.25, -0.2) is 4.98 Å². The lowest BCUT2D eigenvalue weighted by atomic mass is 10.0. The van der Waals surface area contributed by atoms with Gasteiger partial charge in [0.1, 0.15) is 23.3 Å². The van der Waals surface area contributed by atoms with Crippen molar-refractivity contribution >= 4 is 11.7 Å². The van der Waals surface area contributed by atoms with E-state index < -0.39 is 6.04 Å². The quantitative estimate of drug-likeness (QED) is 0.643.